The van der Waals surface area contributed by atoms with Crippen molar-refractivity contribution in [3.63, 3.8) is 0 Å². The second kappa shape index (κ2) is 11.7. The van der Waals surface area contributed by atoms with Crippen LogP contribution in [0.5, 0.6) is 5.75 Å². The molecule has 37 heavy (non-hydrogen) atoms. The average Bonchev–Trinajstić information content (AvgIpc) is 3.08. The molecule has 1 aliphatic rings. The molecular weight excluding hydrogens is 510 g/mol. The van der Waals surface area contributed by atoms with Gasteiger partial charge in [-0.25, -0.2) is 13.8 Å². The van der Waals surface area contributed by atoms with Gasteiger partial charge in [0.1, 0.15) is 17.6 Å². The van der Waals surface area contributed by atoms with E-state index in [0.717, 1.165) is 4.57 Å². The number of nitrogen functional groups attached to an aromatic ring is 1. The first-order chi connectivity index (χ1) is 17.4. The molecule has 0 saturated carbocycles. The maximum absolute atomic E-state index is 15.5. The summed E-state index contributed by atoms with van der Waals surface area (Å²) in [5.41, 5.74) is 3.12. The number of nitrogens with zero attached hydrogens (tertiary/aromatic N) is 2. The number of para-hydroxylation sites is 1. The van der Waals surface area contributed by atoms with Crippen LogP contribution in [0.1, 0.15) is 33.9 Å². The van der Waals surface area contributed by atoms with Gasteiger partial charge < -0.3 is 24.8 Å². The van der Waals surface area contributed by atoms with Gasteiger partial charge in [-0.1, -0.05) is 25.1 Å². The number of nitrogens with one attached hydrogen (secondary N) is 1. The number of nitrogens with two attached hydrogens (primary N) is 1. The molecule has 4 N–H and O–H groups in total. The number of aliphatic hydroxyl groups excluding tert-OH is 1. The molecule has 204 valence electrons. The van der Waals surface area contributed by atoms with E-state index in [2.05, 4.69) is 10.1 Å². The van der Waals surface area contributed by atoms with Crippen LogP contribution in [0.4, 0.5) is 10.2 Å². The Balaban J connectivity index is 1.83. The third kappa shape index (κ3) is 6.74. The number of carbonyl (C=O) groups excluding carboxylic acids is 1. The normalized spacial score (nSPS) is 26.0. The van der Waals surface area contributed by atoms with Crippen molar-refractivity contribution in [2.24, 2.45) is 5.41 Å². The molecule has 0 spiro atoms. The van der Waals surface area contributed by atoms with Gasteiger partial charge in [0, 0.05) is 6.20 Å². The van der Waals surface area contributed by atoms with Crippen molar-refractivity contribution in [1.82, 2.24) is 14.6 Å². The van der Waals surface area contributed by atoms with Gasteiger partial charge in [0.2, 0.25) is 0 Å². The van der Waals surface area contributed by atoms with E-state index in [1.165, 1.54) is 38.2 Å². The summed E-state index contributed by atoms with van der Waals surface area (Å²) >= 11 is 0. The minimum atomic E-state index is -4.27. The van der Waals surface area contributed by atoms with Crippen LogP contribution in [0.2, 0.25) is 0 Å². The number of alkyl halides is 1. The summed E-state index contributed by atoms with van der Waals surface area (Å²) in [6.07, 6.45) is -3.66. The van der Waals surface area contributed by atoms with Crippen LogP contribution in [-0.2, 0) is 23.4 Å². The predicted octanol–water partition coefficient (Wildman–Crippen LogP) is 2.19. The summed E-state index contributed by atoms with van der Waals surface area (Å²) in [5.74, 6) is -0.553. The first kappa shape index (κ1) is 28.7. The van der Waals surface area contributed by atoms with Crippen LogP contribution in [-0.4, -0.2) is 58.3 Å². The number of esters is 1. The topological polar surface area (TPSA) is 164 Å². The van der Waals surface area contributed by atoms with Gasteiger partial charge in [0.15, 0.2) is 12.4 Å². The highest BCUT2D eigenvalue weighted by Crippen LogP contribution is 2.49. The van der Waals surface area contributed by atoms with Crippen molar-refractivity contribution in [1.29, 1.82) is 0 Å². The summed E-state index contributed by atoms with van der Waals surface area (Å²) in [6.45, 7) is 4.96. The van der Waals surface area contributed by atoms with Crippen LogP contribution in [0, 0.1) is 5.41 Å². The van der Waals surface area contributed by atoms with Crippen LogP contribution < -0.4 is 21.0 Å². The van der Waals surface area contributed by atoms with Gasteiger partial charge in [-0.15, -0.1) is 0 Å². The fourth-order valence-electron chi connectivity index (χ4n) is 3.64. The van der Waals surface area contributed by atoms with Gasteiger partial charge in [0.25, 0.3) is 0 Å². The molecule has 14 heteroatoms. The number of halogens is 1. The molecule has 12 nitrogen and oxygen atoms in total. The highest BCUT2D eigenvalue weighted by atomic mass is 31.2. The molecule has 3 unspecified atom stereocenters. The molecular formula is C23H32FN4O8P. The lowest BCUT2D eigenvalue weighted by Crippen LogP contribution is -2.42. The Labute approximate surface area is 213 Å². The zero-order valence-corrected chi connectivity index (χ0v) is 21.8. The van der Waals surface area contributed by atoms with E-state index < -0.39 is 68.7 Å². The van der Waals surface area contributed by atoms with E-state index in [-0.39, 0.29) is 11.6 Å². The second-order valence-corrected chi connectivity index (χ2v) is 10.9. The van der Waals surface area contributed by atoms with Crippen molar-refractivity contribution in [2.45, 2.75) is 58.3 Å². The summed E-state index contributed by atoms with van der Waals surface area (Å²) < 4.78 is 52.2. The highest BCUT2D eigenvalue weighted by Gasteiger charge is 2.55. The lowest BCUT2D eigenvalue weighted by Gasteiger charge is -2.30. The first-order valence-electron chi connectivity index (χ1n) is 11.6. The molecule has 0 amide bonds. The number of hydrogen-bond donors (Lipinski definition) is 3. The minimum Gasteiger partial charge on any atom is -0.462 e. The van der Waals surface area contributed by atoms with Crippen molar-refractivity contribution in [2.75, 3.05) is 18.9 Å². The van der Waals surface area contributed by atoms with Crippen molar-refractivity contribution in [3.05, 3.63) is 53.1 Å². The maximum Gasteiger partial charge on any atom is 0.459 e. The molecule has 1 aromatic heterocycles. The zero-order valence-electron chi connectivity index (χ0n) is 20.9. The number of carbonyl (C=O) groups is 1. The quantitative estimate of drug-likeness (QED) is 0.282. The zero-order chi connectivity index (χ0) is 27.4. The van der Waals surface area contributed by atoms with Gasteiger partial charge in [0.05, 0.1) is 30.8 Å². The average molecular weight is 543 g/mol. The highest BCUT2D eigenvalue weighted by molar-refractivity contribution is 7.52. The number of rotatable bonds is 11. The minimum absolute atomic E-state index is 0.0466. The summed E-state index contributed by atoms with van der Waals surface area (Å²) in [6, 6.07) is 8.31. The van der Waals surface area contributed by atoms with Gasteiger partial charge in [-0.2, -0.15) is 10.1 Å². The van der Waals surface area contributed by atoms with Gasteiger partial charge >= 0.3 is 19.4 Å². The standard InChI is InChI=1S/C23H32FN4O8P/c1-14(2)34-21(30)15(3)27-37(32,36-16-8-6-5-7-9-16)33-12-17-23(4,13-29)19(24)20(35-17)28-11-10-18(25)26-22(28)31/h5-11,14-15,17,19-20,29H,12-13H2,1-4H3,(H,27,32)(H2,25,26,31)/t15-,17+,19-,20?,23?,37?/m0/s1. The summed E-state index contributed by atoms with van der Waals surface area (Å²) in [5, 5.41) is 12.6. The number of anilines is 1. The summed E-state index contributed by atoms with van der Waals surface area (Å²) in [4.78, 5) is 28.2. The number of aliphatic hydroxyl groups is 1. The summed E-state index contributed by atoms with van der Waals surface area (Å²) in [7, 11) is -4.27. The van der Waals surface area contributed by atoms with E-state index in [0.29, 0.717) is 0 Å². The van der Waals surface area contributed by atoms with E-state index in [1.54, 1.807) is 32.0 Å². The lowest BCUT2D eigenvalue weighted by atomic mass is 9.82. The molecule has 1 saturated heterocycles. The number of aromatic nitrogens is 2. The first-order valence-corrected chi connectivity index (χ1v) is 13.2. The molecule has 0 bridgehead atoms. The van der Waals surface area contributed by atoms with Crippen LogP contribution in [0.25, 0.3) is 0 Å². The number of hydrogen-bond acceptors (Lipinski definition) is 10. The van der Waals surface area contributed by atoms with Crippen molar-refractivity contribution >= 4 is 19.5 Å². The molecule has 1 aliphatic heterocycles. The van der Waals surface area contributed by atoms with Crippen LogP contribution in [0.15, 0.2) is 47.4 Å². The van der Waals surface area contributed by atoms with E-state index in [9.17, 15) is 19.3 Å². The van der Waals surface area contributed by atoms with Crippen LogP contribution >= 0.6 is 7.75 Å². The number of ether oxygens (including phenoxy) is 2. The largest absolute Gasteiger partial charge is 0.462 e. The van der Waals surface area contributed by atoms with Gasteiger partial charge in [-0.3, -0.25) is 13.9 Å². The predicted molar refractivity (Wildman–Crippen MR) is 131 cm³/mol. The molecule has 6 atom stereocenters. The van der Waals surface area contributed by atoms with Gasteiger partial charge in [-0.05, 0) is 39.0 Å². The molecule has 2 heterocycles. The Bertz CT molecular complexity index is 1180. The fourth-order valence-corrected chi connectivity index (χ4v) is 5.13. The smallest absolute Gasteiger partial charge is 0.459 e. The van der Waals surface area contributed by atoms with E-state index in [4.69, 9.17) is 24.3 Å². The molecule has 3 rings (SSSR count). The lowest BCUT2D eigenvalue weighted by molar-refractivity contribution is -0.149. The molecule has 2 aromatic rings. The Kier molecular flexibility index (Phi) is 9.09. The monoisotopic (exact) mass is 542 g/mol. The van der Waals surface area contributed by atoms with Crippen molar-refractivity contribution in [3.8, 4) is 5.75 Å². The van der Waals surface area contributed by atoms with E-state index in [1.807, 2.05) is 0 Å². The molecule has 0 radical (unpaired) electrons. The van der Waals surface area contributed by atoms with Crippen LogP contribution in [0.3, 0.4) is 0 Å². The van der Waals surface area contributed by atoms with E-state index >= 15 is 4.39 Å². The Morgan fingerprint density at radius 2 is 2.00 bits per heavy atom. The Morgan fingerprint density at radius 1 is 1.32 bits per heavy atom. The Hall–Kier alpha value is -2.83. The Morgan fingerprint density at radius 3 is 2.59 bits per heavy atom. The SMILES string of the molecule is CC(C)OC(=O)[C@H](C)NP(=O)(OC[C@H]1OC(n2ccc(N)nc2=O)[C@H](F)C1(C)CO)Oc1ccccc1. The maximum atomic E-state index is 15.5. The third-order valence-corrected chi connectivity index (χ3v) is 7.45. The molecule has 1 aromatic carbocycles. The van der Waals surface area contributed by atoms with Crippen molar-refractivity contribution < 1.29 is 37.4 Å². The fraction of sp³-hybridized carbons (Fsp3) is 0.522. The second-order valence-electron chi connectivity index (χ2n) is 9.16. The third-order valence-electron chi connectivity index (χ3n) is 5.81. The number of benzene rings is 1. The molecule has 0 aliphatic carbocycles. The molecule has 1 fully saturated rings.